The minimum Gasteiger partial charge on any atom is -0.497 e. The van der Waals surface area contributed by atoms with Gasteiger partial charge in [0.05, 0.1) is 7.11 Å². The fourth-order valence-electron chi connectivity index (χ4n) is 2.20. The largest absolute Gasteiger partial charge is 0.497 e. The lowest BCUT2D eigenvalue weighted by atomic mass is 9.96. The fraction of sp³-hybridized carbons (Fsp3) is 0.467. The zero-order chi connectivity index (χ0) is 14.9. The maximum Gasteiger partial charge on any atom is 0.231 e. The molecule has 0 radical (unpaired) electrons. The van der Waals surface area contributed by atoms with Crippen LogP contribution in [0.3, 0.4) is 0 Å². The lowest BCUT2D eigenvalue weighted by Crippen LogP contribution is -2.20. The second-order valence-corrected chi connectivity index (χ2v) is 5.89. The van der Waals surface area contributed by atoms with E-state index in [1.54, 1.807) is 7.11 Å². The van der Waals surface area contributed by atoms with Crippen molar-refractivity contribution < 1.29 is 4.74 Å². The summed E-state index contributed by atoms with van der Waals surface area (Å²) in [5.74, 6) is 2.60. The molecule has 0 unspecified atom stereocenters. The number of ether oxygens (including phenoxy) is 1. The minimum absolute atomic E-state index is 0.0325. The molecule has 0 fully saturated rings. The van der Waals surface area contributed by atoms with Crippen LogP contribution >= 0.6 is 0 Å². The van der Waals surface area contributed by atoms with Crippen molar-refractivity contribution in [3.63, 3.8) is 0 Å². The van der Waals surface area contributed by atoms with Gasteiger partial charge in [-0.05, 0) is 12.1 Å². The fourth-order valence-corrected chi connectivity index (χ4v) is 2.20. The number of aromatic nitrogens is 3. The molecular formula is C15H22N4O. The molecule has 0 aliphatic carbocycles. The van der Waals surface area contributed by atoms with Crippen molar-refractivity contribution in [2.75, 3.05) is 19.1 Å². The normalized spacial score (nSPS) is 11.5. The first-order chi connectivity index (χ1) is 9.34. The summed E-state index contributed by atoms with van der Waals surface area (Å²) >= 11 is 0. The van der Waals surface area contributed by atoms with E-state index in [0.29, 0.717) is 0 Å². The van der Waals surface area contributed by atoms with Gasteiger partial charge in [0.1, 0.15) is 11.6 Å². The number of nitrogens with zero attached hydrogens (tertiary/aromatic N) is 4. The Morgan fingerprint density at radius 1 is 1.20 bits per heavy atom. The number of hydrogen-bond acceptors (Lipinski definition) is 4. The van der Waals surface area contributed by atoms with Gasteiger partial charge in [-0.15, -0.1) is 10.2 Å². The first-order valence-electron chi connectivity index (χ1n) is 6.62. The van der Waals surface area contributed by atoms with Crippen LogP contribution in [-0.2, 0) is 12.5 Å². The molecule has 5 heteroatoms. The van der Waals surface area contributed by atoms with Crippen LogP contribution in [0.5, 0.6) is 5.75 Å². The molecule has 2 rings (SSSR count). The topological polar surface area (TPSA) is 43.2 Å². The van der Waals surface area contributed by atoms with Gasteiger partial charge in [0.25, 0.3) is 0 Å². The van der Waals surface area contributed by atoms with E-state index in [1.807, 2.05) is 47.8 Å². The Morgan fingerprint density at radius 2 is 1.90 bits per heavy atom. The molecule has 2 aromatic rings. The molecule has 5 nitrogen and oxygen atoms in total. The molecule has 108 valence electrons. The molecule has 0 aliphatic heterocycles. The molecule has 0 N–H and O–H groups in total. The van der Waals surface area contributed by atoms with Crippen molar-refractivity contribution in [1.82, 2.24) is 14.8 Å². The van der Waals surface area contributed by atoms with Crippen molar-refractivity contribution >= 4 is 11.6 Å². The Morgan fingerprint density at radius 3 is 2.45 bits per heavy atom. The summed E-state index contributed by atoms with van der Waals surface area (Å²) in [6, 6.07) is 7.89. The van der Waals surface area contributed by atoms with Gasteiger partial charge in [0.15, 0.2) is 0 Å². The third-order valence-corrected chi connectivity index (χ3v) is 3.26. The van der Waals surface area contributed by atoms with Crippen LogP contribution < -0.4 is 9.64 Å². The van der Waals surface area contributed by atoms with Crippen LogP contribution in [0, 0.1) is 0 Å². The zero-order valence-corrected chi connectivity index (χ0v) is 13.0. The lowest BCUT2D eigenvalue weighted by Gasteiger charge is -2.21. The van der Waals surface area contributed by atoms with Gasteiger partial charge in [-0.1, -0.05) is 26.8 Å². The quantitative estimate of drug-likeness (QED) is 0.863. The van der Waals surface area contributed by atoms with E-state index >= 15 is 0 Å². The van der Waals surface area contributed by atoms with Crippen molar-refractivity contribution in [3.05, 3.63) is 30.1 Å². The summed E-state index contributed by atoms with van der Waals surface area (Å²) in [6.45, 7) is 6.39. The molecular weight excluding hydrogens is 252 g/mol. The highest BCUT2D eigenvalue weighted by Crippen LogP contribution is 2.28. The van der Waals surface area contributed by atoms with Crippen LogP contribution in [0.2, 0.25) is 0 Å². The maximum absolute atomic E-state index is 5.26. The predicted molar refractivity (Wildman–Crippen MR) is 80.8 cm³/mol. The summed E-state index contributed by atoms with van der Waals surface area (Å²) in [5.41, 5.74) is 0.982. The molecule has 0 saturated carbocycles. The highest BCUT2D eigenvalue weighted by Gasteiger charge is 2.23. The number of benzene rings is 1. The van der Waals surface area contributed by atoms with Crippen LogP contribution in [-0.4, -0.2) is 28.9 Å². The summed E-state index contributed by atoms with van der Waals surface area (Å²) in [7, 11) is 5.64. The van der Waals surface area contributed by atoms with Crippen LogP contribution in [0.15, 0.2) is 24.3 Å². The van der Waals surface area contributed by atoms with Gasteiger partial charge >= 0.3 is 0 Å². The van der Waals surface area contributed by atoms with Crippen LogP contribution in [0.25, 0.3) is 0 Å². The molecule has 0 aliphatic rings. The smallest absolute Gasteiger partial charge is 0.231 e. The Bertz CT molecular complexity index is 598. The third-order valence-electron chi connectivity index (χ3n) is 3.26. The monoisotopic (exact) mass is 274 g/mol. The first kappa shape index (κ1) is 14.4. The summed E-state index contributed by atoms with van der Waals surface area (Å²) < 4.78 is 7.29. The van der Waals surface area contributed by atoms with Crippen molar-refractivity contribution in [2.24, 2.45) is 7.05 Å². The molecule has 0 amide bonds. The molecule has 1 aromatic carbocycles. The highest BCUT2D eigenvalue weighted by molar-refractivity contribution is 5.58. The Balaban J connectivity index is 2.38. The average molecular weight is 274 g/mol. The van der Waals surface area contributed by atoms with Gasteiger partial charge in [-0.3, -0.25) is 4.57 Å². The highest BCUT2D eigenvalue weighted by atomic mass is 16.5. The SMILES string of the molecule is COc1cccc(N(C)c2nnc(C(C)(C)C)n2C)c1. The number of anilines is 2. The van der Waals surface area contributed by atoms with Gasteiger partial charge in [-0.2, -0.15) is 0 Å². The van der Waals surface area contributed by atoms with E-state index in [1.165, 1.54) is 0 Å². The minimum atomic E-state index is -0.0325. The number of rotatable bonds is 3. The molecule has 0 saturated heterocycles. The third kappa shape index (κ3) is 2.61. The van der Waals surface area contributed by atoms with Crippen molar-refractivity contribution in [3.8, 4) is 5.75 Å². The van der Waals surface area contributed by atoms with Crippen molar-refractivity contribution in [2.45, 2.75) is 26.2 Å². The zero-order valence-electron chi connectivity index (χ0n) is 13.0. The van der Waals surface area contributed by atoms with Gasteiger partial charge in [0, 0.05) is 31.3 Å². The predicted octanol–water partition coefficient (Wildman–Crippen LogP) is 2.89. The molecule has 1 aromatic heterocycles. The Hall–Kier alpha value is -2.04. The van der Waals surface area contributed by atoms with Crippen molar-refractivity contribution in [1.29, 1.82) is 0 Å². The van der Waals surface area contributed by atoms with Gasteiger partial charge in [-0.25, -0.2) is 0 Å². The standard InChI is InChI=1S/C15H22N4O/c1-15(2,3)13-16-17-14(19(13)5)18(4)11-8-7-9-12(10-11)20-6/h7-10H,1-6H3. The summed E-state index contributed by atoms with van der Waals surface area (Å²) in [5, 5.41) is 8.63. The number of hydrogen-bond donors (Lipinski definition) is 0. The second kappa shape index (κ2) is 5.15. The molecule has 1 heterocycles. The van der Waals surface area contributed by atoms with E-state index in [4.69, 9.17) is 4.74 Å². The van der Waals surface area contributed by atoms with E-state index in [-0.39, 0.29) is 5.41 Å². The van der Waals surface area contributed by atoms with Crippen LogP contribution in [0.1, 0.15) is 26.6 Å². The average Bonchev–Trinajstić information content (AvgIpc) is 2.79. The van der Waals surface area contributed by atoms with E-state index in [2.05, 4.69) is 31.0 Å². The Labute approximate surface area is 120 Å². The molecule has 0 atom stereocenters. The van der Waals surface area contributed by atoms with E-state index < -0.39 is 0 Å². The summed E-state index contributed by atoms with van der Waals surface area (Å²) in [6.07, 6.45) is 0. The number of methoxy groups -OCH3 is 1. The second-order valence-electron chi connectivity index (χ2n) is 5.89. The molecule has 0 spiro atoms. The van der Waals surface area contributed by atoms with Gasteiger partial charge < -0.3 is 9.64 Å². The Kier molecular flexibility index (Phi) is 3.70. The van der Waals surface area contributed by atoms with Crippen LogP contribution in [0.4, 0.5) is 11.6 Å². The van der Waals surface area contributed by atoms with E-state index in [9.17, 15) is 0 Å². The van der Waals surface area contributed by atoms with Gasteiger partial charge in [0.2, 0.25) is 5.95 Å². The first-order valence-corrected chi connectivity index (χ1v) is 6.62. The lowest BCUT2D eigenvalue weighted by molar-refractivity contribution is 0.415. The summed E-state index contributed by atoms with van der Waals surface area (Å²) in [4.78, 5) is 2.00. The molecule has 20 heavy (non-hydrogen) atoms. The maximum atomic E-state index is 5.26. The van der Waals surface area contributed by atoms with E-state index in [0.717, 1.165) is 23.2 Å². The molecule has 0 bridgehead atoms.